The number of terminal acetylenes is 1. The number of nitrogens with one attached hydrogen (secondary N) is 1. The second kappa shape index (κ2) is 6.69. The average molecular weight is 337 g/mol. The van der Waals surface area contributed by atoms with Gasteiger partial charge in [-0.25, -0.2) is 0 Å². The fraction of sp³-hybridized carbons (Fsp3) is 0.200. The van der Waals surface area contributed by atoms with Gasteiger partial charge >= 0.3 is 0 Å². The lowest BCUT2D eigenvalue weighted by atomic mass is 10.1. The van der Waals surface area contributed by atoms with Gasteiger partial charge in [-0.15, -0.1) is 6.42 Å². The first-order chi connectivity index (χ1) is 10.5. The third-order valence-corrected chi connectivity index (χ3v) is 3.60. The van der Waals surface area contributed by atoms with E-state index in [9.17, 15) is 4.79 Å². The normalized spacial score (nSPS) is 15.7. The Labute approximate surface area is 138 Å². The van der Waals surface area contributed by atoms with E-state index in [0.717, 1.165) is 0 Å². The van der Waals surface area contributed by atoms with Gasteiger partial charge in [0.1, 0.15) is 12.3 Å². The highest BCUT2D eigenvalue weighted by atomic mass is 35.5. The molecule has 1 aromatic carbocycles. The first kappa shape index (κ1) is 16.1. The summed E-state index contributed by atoms with van der Waals surface area (Å²) in [5.74, 6) is 2.94. The number of nitrogens with zero attached hydrogens (tertiary/aromatic N) is 1. The molecule has 22 heavy (non-hydrogen) atoms. The molecule has 1 saturated heterocycles. The van der Waals surface area contributed by atoms with Crippen LogP contribution in [-0.4, -0.2) is 36.7 Å². The molecule has 0 aliphatic carbocycles. The fourth-order valence-electron chi connectivity index (χ4n) is 1.87. The van der Waals surface area contributed by atoms with Crippen LogP contribution in [0.3, 0.4) is 0 Å². The Bertz CT molecular complexity index is 709. The molecule has 5 nitrogen and oxygen atoms in total. The molecule has 1 aliphatic heterocycles. The van der Waals surface area contributed by atoms with Crippen LogP contribution in [-0.2, 0) is 4.79 Å². The maximum atomic E-state index is 12.0. The molecule has 1 N–H and O–H groups in total. The summed E-state index contributed by atoms with van der Waals surface area (Å²) in [4.78, 5) is 13.3. The molecule has 0 atom stereocenters. The molecule has 0 saturated carbocycles. The van der Waals surface area contributed by atoms with Gasteiger partial charge in [0.05, 0.1) is 12.1 Å². The highest BCUT2D eigenvalue weighted by Crippen LogP contribution is 2.37. The monoisotopic (exact) mass is 336 g/mol. The van der Waals surface area contributed by atoms with Gasteiger partial charge in [0.25, 0.3) is 5.91 Å². The molecule has 114 valence electrons. The lowest BCUT2D eigenvalue weighted by molar-refractivity contribution is -0.121. The predicted octanol–water partition coefficient (Wildman–Crippen LogP) is 2.05. The van der Waals surface area contributed by atoms with Gasteiger partial charge in [-0.3, -0.25) is 9.69 Å². The zero-order valence-corrected chi connectivity index (χ0v) is 13.5. The maximum absolute atomic E-state index is 12.0. The van der Waals surface area contributed by atoms with E-state index in [1.54, 1.807) is 25.3 Å². The van der Waals surface area contributed by atoms with Gasteiger partial charge in [-0.1, -0.05) is 17.5 Å². The van der Waals surface area contributed by atoms with E-state index in [1.807, 2.05) is 0 Å². The van der Waals surface area contributed by atoms with E-state index in [4.69, 9.17) is 39.7 Å². The van der Waals surface area contributed by atoms with Gasteiger partial charge in [-0.2, -0.15) is 0 Å². The largest absolute Gasteiger partial charge is 0.493 e. The summed E-state index contributed by atoms with van der Waals surface area (Å²) in [6, 6.07) is 3.35. The van der Waals surface area contributed by atoms with Crippen molar-refractivity contribution in [2.45, 2.75) is 0 Å². The SMILES string of the molecule is C#CCOc1c(Cl)cc(/C=C2\NC(=S)N(C)C2=O)cc1OC. The highest BCUT2D eigenvalue weighted by molar-refractivity contribution is 7.80. The number of rotatable bonds is 4. The van der Waals surface area contributed by atoms with Crippen molar-refractivity contribution in [1.29, 1.82) is 0 Å². The highest BCUT2D eigenvalue weighted by Gasteiger charge is 2.27. The van der Waals surface area contributed by atoms with Gasteiger partial charge < -0.3 is 14.8 Å². The number of halogens is 1. The van der Waals surface area contributed by atoms with E-state index in [-0.39, 0.29) is 12.5 Å². The molecule has 2 rings (SSSR count). The van der Waals surface area contributed by atoms with Gasteiger partial charge in [0.15, 0.2) is 16.6 Å². The first-order valence-corrected chi connectivity index (χ1v) is 7.01. The summed E-state index contributed by atoms with van der Waals surface area (Å²) in [7, 11) is 3.09. The number of benzene rings is 1. The van der Waals surface area contributed by atoms with Crippen LogP contribution >= 0.6 is 23.8 Å². The topological polar surface area (TPSA) is 50.8 Å². The second-order valence-corrected chi connectivity index (χ2v) is 5.17. The van der Waals surface area contributed by atoms with Crippen LogP contribution in [0.2, 0.25) is 5.02 Å². The van der Waals surface area contributed by atoms with Crippen LogP contribution in [0.5, 0.6) is 11.5 Å². The Kier molecular flexibility index (Phi) is 4.91. The molecule has 0 unspecified atom stereocenters. The molecule has 7 heteroatoms. The molecular weight excluding hydrogens is 324 g/mol. The third-order valence-electron chi connectivity index (χ3n) is 2.94. The smallest absolute Gasteiger partial charge is 0.276 e. The predicted molar refractivity (Wildman–Crippen MR) is 88.8 cm³/mol. The van der Waals surface area contributed by atoms with E-state index in [0.29, 0.717) is 32.9 Å². The molecule has 1 fully saturated rings. The van der Waals surface area contributed by atoms with Crippen LogP contribution in [0.1, 0.15) is 5.56 Å². The van der Waals surface area contributed by atoms with E-state index >= 15 is 0 Å². The Balaban J connectivity index is 2.38. The molecule has 0 bridgehead atoms. The van der Waals surface area contributed by atoms with Crippen molar-refractivity contribution in [3.05, 3.63) is 28.4 Å². The van der Waals surface area contributed by atoms with Crippen molar-refractivity contribution >= 4 is 40.9 Å². The minimum Gasteiger partial charge on any atom is -0.493 e. The van der Waals surface area contributed by atoms with Crippen LogP contribution in [0, 0.1) is 12.3 Å². The number of hydrogen-bond donors (Lipinski definition) is 1. The molecule has 1 heterocycles. The number of methoxy groups -OCH3 is 1. The summed E-state index contributed by atoms with van der Waals surface area (Å²) < 4.78 is 10.6. The van der Waals surface area contributed by atoms with Crippen molar-refractivity contribution in [2.75, 3.05) is 20.8 Å². The first-order valence-electron chi connectivity index (χ1n) is 6.22. The molecule has 0 radical (unpaired) electrons. The summed E-state index contributed by atoms with van der Waals surface area (Å²) in [6.45, 7) is 0.0790. The Morgan fingerprint density at radius 2 is 2.27 bits per heavy atom. The van der Waals surface area contributed by atoms with Crippen molar-refractivity contribution < 1.29 is 14.3 Å². The van der Waals surface area contributed by atoms with Gasteiger partial charge in [0.2, 0.25) is 0 Å². The van der Waals surface area contributed by atoms with Crippen LogP contribution in [0.4, 0.5) is 0 Å². The molecule has 1 amide bonds. The standard InChI is InChI=1S/C15H13ClN2O3S/c1-4-5-21-13-10(16)6-9(8-12(13)20-3)7-11-14(19)18(2)15(22)17-11/h1,6-8H,5H2,2-3H3,(H,17,22)/b11-7-. The molecule has 1 aromatic rings. The second-order valence-electron chi connectivity index (χ2n) is 4.38. The zero-order valence-electron chi connectivity index (χ0n) is 12.0. The number of likely N-dealkylation sites (N-methyl/N-ethyl adjacent to an activating group) is 1. The molecular formula is C15H13ClN2O3S. The minimum absolute atomic E-state index is 0.0790. The van der Waals surface area contributed by atoms with Crippen molar-refractivity contribution in [3.8, 4) is 23.8 Å². The Morgan fingerprint density at radius 3 is 2.82 bits per heavy atom. The number of thiocarbonyl (C=S) groups is 1. The van der Waals surface area contributed by atoms with Crippen LogP contribution in [0.25, 0.3) is 6.08 Å². The van der Waals surface area contributed by atoms with E-state index in [2.05, 4.69) is 11.2 Å². The minimum atomic E-state index is -0.215. The van der Waals surface area contributed by atoms with Crippen LogP contribution < -0.4 is 14.8 Å². The Morgan fingerprint density at radius 1 is 1.55 bits per heavy atom. The average Bonchev–Trinajstić information content (AvgIpc) is 2.73. The van der Waals surface area contributed by atoms with Gasteiger partial charge in [-0.05, 0) is 36.0 Å². The Hall–Kier alpha value is -2.23. The lowest BCUT2D eigenvalue weighted by Crippen LogP contribution is -2.25. The quantitative estimate of drug-likeness (QED) is 0.518. The van der Waals surface area contributed by atoms with Crippen LogP contribution in [0.15, 0.2) is 17.8 Å². The summed E-state index contributed by atoms with van der Waals surface area (Å²) in [5.41, 5.74) is 1.03. The summed E-state index contributed by atoms with van der Waals surface area (Å²) >= 11 is 11.2. The van der Waals surface area contributed by atoms with Gasteiger partial charge in [0, 0.05) is 7.05 Å². The summed E-state index contributed by atoms with van der Waals surface area (Å²) in [5, 5.41) is 3.52. The van der Waals surface area contributed by atoms with E-state index < -0.39 is 0 Å². The number of hydrogen-bond acceptors (Lipinski definition) is 4. The zero-order chi connectivity index (χ0) is 16.3. The summed E-state index contributed by atoms with van der Waals surface area (Å²) in [6.07, 6.45) is 6.80. The molecule has 0 spiro atoms. The molecule has 1 aliphatic rings. The van der Waals surface area contributed by atoms with Crippen molar-refractivity contribution in [2.24, 2.45) is 0 Å². The van der Waals surface area contributed by atoms with E-state index in [1.165, 1.54) is 12.0 Å². The number of amides is 1. The number of carbonyl (C=O) groups excluding carboxylic acids is 1. The van der Waals surface area contributed by atoms with Crippen molar-refractivity contribution in [3.63, 3.8) is 0 Å². The third kappa shape index (κ3) is 3.16. The number of carbonyl (C=O) groups is 1. The lowest BCUT2D eigenvalue weighted by Gasteiger charge is -2.11. The fourth-order valence-corrected chi connectivity index (χ4v) is 2.33. The number of ether oxygens (including phenoxy) is 2. The molecule has 0 aromatic heterocycles. The maximum Gasteiger partial charge on any atom is 0.276 e. The van der Waals surface area contributed by atoms with Crippen molar-refractivity contribution in [1.82, 2.24) is 10.2 Å².